The number of benzene rings is 1. The fourth-order valence-electron chi connectivity index (χ4n) is 2.27. The Morgan fingerprint density at radius 3 is 2.67 bits per heavy atom. The summed E-state index contributed by atoms with van der Waals surface area (Å²) in [5, 5.41) is 9.65. The van der Waals surface area contributed by atoms with Crippen molar-refractivity contribution in [3.05, 3.63) is 35.9 Å². The van der Waals surface area contributed by atoms with Crippen LogP contribution in [0.4, 0.5) is 0 Å². The minimum atomic E-state index is -0.103. The second-order valence-electron chi connectivity index (χ2n) is 4.34. The van der Waals surface area contributed by atoms with E-state index in [1.165, 1.54) is 5.56 Å². The SMILES string of the molecule is CCC[C@@H]1[C@H](O)CN1Cc1ccccc1. The molecule has 0 aliphatic carbocycles. The molecule has 1 N–H and O–H groups in total. The first-order valence-electron chi connectivity index (χ1n) is 5.77. The average Bonchev–Trinajstić information content (AvgIpc) is 2.27. The van der Waals surface area contributed by atoms with Crippen molar-refractivity contribution in [3.63, 3.8) is 0 Å². The lowest BCUT2D eigenvalue weighted by atomic mass is 9.94. The summed E-state index contributed by atoms with van der Waals surface area (Å²) < 4.78 is 0. The van der Waals surface area contributed by atoms with Gasteiger partial charge in [-0.1, -0.05) is 43.7 Å². The van der Waals surface area contributed by atoms with Crippen LogP contribution in [0.15, 0.2) is 30.3 Å². The molecule has 15 heavy (non-hydrogen) atoms. The number of hydrogen-bond acceptors (Lipinski definition) is 2. The summed E-state index contributed by atoms with van der Waals surface area (Å²) in [6, 6.07) is 10.9. The molecule has 1 heterocycles. The fraction of sp³-hybridized carbons (Fsp3) is 0.538. The summed E-state index contributed by atoms with van der Waals surface area (Å²) in [4.78, 5) is 2.36. The Hall–Kier alpha value is -0.860. The molecule has 0 spiro atoms. The molecule has 1 aliphatic rings. The second kappa shape index (κ2) is 4.77. The standard InChI is InChI=1S/C13H19NO/c1-2-6-12-13(15)10-14(12)9-11-7-4-3-5-8-11/h3-5,7-8,12-13,15H,2,6,9-10H2,1H3/t12-,13-/m1/s1. The van der Waals surface area contributed by atoms with Gasteiger partial charge in [0.1, 0.15) is 0 Å². The third kappa shape index (κ3) is 2.39. The van der Waals surface area contributed by atoms with Crippen LogP contribution in [0.2, 0.25) is 0 Å². The molecule has 0 unspecified atom stereocenters. The van der Waals surface area contributed by atoms with Crippen LogP contribution in [0.3, 0.4) is 0 Å². The van der Waals surface area contributed by atoms with Gasteiger partial charge in [-0.3, -0.25) is 4.90 Å². The first-order valence-corrected chi connectivity index (χ1v) is 5.77. The van der Waals surface area contributed by atoms with Crippen molar-refractivity contribution < 1.29 is 5.11 Å². The van der Waals surface area contributed by atoms with Gasteiger partial charge in [0.05, 0.1) is 6.10 Å². The van der Waals surface area contributed by atoms with Crippen molar-refractivity contribution in [3.8, 4) is 0 Å². The van der Waals surface area contributed by atoms with Gasteiger partial charge in [-0.05, 0) is 12.0 Å². The Labute approximate surface area is 91.5 Å². The van der Waals surface area contributed by atoms with Crippen molar-refractivity contribution >= 4 is 0 Å². The first-order chi connectivity index (χ1) is 7.31. The summed E-state index contributed by atoms with van der Waals surface area (Å²) >= 11 is 0. The quantitative estimate of drug-likeness (QED) is 0.813. The topological polar surface area (TPSA) is 23.5 Å². The summed E-state index contributed by atoms with van der Waals surface area (Å²) in [7, 11) is 0. The van der Waals surface area contributed by atoms with Crippen molar-refractivity contribution in [2.24, 2.45) is 0 Å². The van der Waals surface area contributed by atoms with Gasteiger partial charge in [0.2, 0.25) is 0 Å². The van der Waals surface area contributed by atoms with Crippen LogP contribution in [0, 0.1) is 0 Å². The maximum Gasteiger partial charge on any atom is 0.0822 e. The van der Waals surface area contributed by atoms with Gasteiger partial charge < -0.3 is 5.11 Å². The van der Waals surface area contributed by atoms with Crippen LogP contribution in [0.1, 0.15) is 25.3 Å². The Morgan fingerprint density at radius 2 is 2.07 bits per heavy atom. The molecule has 2 nitrogen and oxygen atoms in total. The molecule has 0 bridgehead atoms. The molecular weight excluding hydrogens is 186 g/mol. The minimum absolute atomic E-state index is 0.103. The number of nitrogens with zero attached hydrogens (tertiary/aromatic N) is 1. The number of rotatable bonds is 4. The molecule has 1 aromatic carbocycles. The van der Waals surface area contributed by atoms with E-state index in [1.54, 1.807) is 0 Å². The Kier molecular flexibility index (Phi) is 3.39. The van der Waals surface area contributed by atoms with Gasteiger partial charge in [-0.15, -0.1) is 0 Å². The zero-order chi connectivity index (χ0) is 10.7. The van der Waals surface area contributed by atoms with Gasteiger partial charge in [0, 0.05) is 19.1 Å². The summed E-state index contributed by atoms with van der Waals surface area (Å²) in [5.41, 5.74) is 1.34. The number of aliphatic hydroxyl groups excluding tert-OH is 1. The first kappa shape index (κ1) is 10.7. The maximum absolute atomic E-state index is 9.65. The van der Waals surface area contributed by atoms with Crippen molar-refractivity contribution in [1.29, 1.82) is 0 Å². The molecular formula is C13H19NO. The van der Waals surface area contributed by atoms with E-state index in [-0.39, 0.29) is 6.10 Å². The van der Waals surface area contributed by atoms with E-state index in [2.05, 4.69) is 36.1 Å². The van der Waals surface area contributed by atoms with Crippen molar-refractivity contribution in [2.45, 2.75) is 38.5 Å². The number of likely N-dealkylation sites (tertiary alicyclic amines) is 1. The van der Waals surface area contributed by atoms with Gasteiger partial charge in [0.15, 0.2) is 0 Å². The molecule has 2 heteroatoms. The van der Waals surface area contributed by atoms with Gasteiger partial charge >= 0.3 is 0 Å². The van der Waals surface area contributed by atoms with E-state index >= 15 is 0 Å². The van der Waals surface area contributed by atoms with Crippen LogP contribution < -0.4 is 0 Å². The highest BCUT2D eigenvalue weighted by Crippen LogP contribution is 2.24. The monoisotopic (exact) mass is 205 g/mol. The van der Waals surface area contributed by atoms with E-state index in [0.29, 0.717) is 6.04 Å². The lowest BCUT2D eigenvalue weighted by molar-refractivity contribution is -0.0698. The molecule has 0 amide bonds. The molecule has 0 radical (unpaired) electrons. The van der Waals surface area contributed by atoms with Gasteiger partial charge in [-0.2, -0.15) is 0 Å². The molecule has 0 aromatic heterocycles. The minimum Gasteiger partial charge on any atom is -0.390 e. The van der Waals surface area contributed by atoms with Gasteiger partial charge in [-0.25, -0.2) is 0 Å². The molecule has 1 fully saturated rings. The lowest BCUT2D eigenvalue weighted by Gasteiger charge is -2.45. The fourth-order valence-corrected chi connectivity index (χ4v) is 2.27. The molecule has 2 rings (SSSR count). The third-order valence-electron chi connectivity index (χ3n) is 3.15. The molecule has 1 aliphatic heterocycles. The molecule has 0 saturated carbocycles. The number of β-amino-alcohol motifs (C(OH)–C–C–N with tert-alkyl or cyclic N) is 1. The molecule has 82 valence electrons. The predicted molar refractivity (Wildman–Crippen MR) is 61.6 cm³/mol. The van der Waals surface area contributed by atoms with Crippen LogP contribution in [-0.2, 0) is 6.54 Å². The Bertz CT molecular complexity index is 299. The maximum atomic E-state index is 9.65. The Morgan fingerprint density at radius 1 is 1.33 bits per heavy atom. The zero-order valence-corrected chi connectivity index (χ0v) is 9.26. The largest absolute Gasteiger partial charge is 0.390 e. The van der Waals surface area contributed by atoms with E-state index in [1.807, 2.05) is 6.07 Å². The van der Waals surface area contributed by atoms with E-state index in [0.717, 1.165) is 25.9 Å². The van der Waals surface area contributed by atoms with E-state index < -0.39 is 0 Å². The summed E-state index contributed by atoms with van der Waals surface area (Å²) in [6.45, 7) is 3.98. The highest BCUT2D eigenvalue weighted by molar-refractivity contribution is 5.15. The van der Waals surface area contributed by atoms with Crippen LogP contribution >= 0.6 is 0 Å². The zero-order valence-electron chi connectivity index (χ0n) is 9.26. The van der Waals surface area contributed by atoms with Crippen LogP contribution in [0.5, 0.6) is 0 Å². The third-order valence-corrected chi connectivity index (χ3v) is 3.15. The molecule has 1 saturated heterocycles. The summed E-state index contributed by atoms with van der Waals surface area (Å²) in [6.07, 6.45) is 2.15. The average molecular weight is 205 g/mol. The van der Waals surface area contributed by atoms with Crippen molar-refractivity contribution in [2.75, 3.05) is 6.54 Å². The highest BCUT2D eigenvalue weighted by Gasteiger charge is 2.36. The normalized spacial score (nSPS) is 26.3. The second-order valence-corrected chi connectivity index (χ2v) is 4.34. The van der Waals surface area contributed by atoms with Crippen molar-refractivity contribution in [1.82, 2.24) is 4.90 Å². The summed E-state index contributed by atoms with van der Waals surface area (Å²) in [5.74, 6) is 0. The van der Waals surface area contributed by atoms with E-state index in [4.69, 9.17) is 0 Å². The lowest BCUT2D eigenvalue weighted by Crippen LogP contribution is -2.59. The van der Waals surface area contributed by atoms with Crippen LogP contribution in [-0.4, -0.2) is 28.7 Å². The highest BCUT2D eigenvalue weighted by atomic mass is 16.3. The van der Waals surface area contributed by atoms with E-state index in [9.17, 15) is 5.11 Å². The number of aliphatic hydroxyl groups is 1. The smallest absolute Gasteiger partial charge is 0.0822 e. The molecule has 2 atom stereocenters. The molecule has 1 aromatic rings. The van der Waals surface area contributed by atoms with Gasteiger partial charge in [0.25, 0.3) is 0 Å². The number of hydrogen-bond donors (Lipinski definition) is 1. The van der Waals surface area contributed by atoms with Crippen LogP contribution in [0.25, 0.3) is 0 Å². The predicted octanol–water partition coefficient (Wildman–Crippen LogP) is 2.03. The Balaban J connectivity index is 1.91.